The van der Waals surface area contributed by atoms with Gasteiger partial charge in [-0.05, 0) is 30.7 Å². The second-order valence-corrected chi connectivity index (χ2v) is 7.12. The molecular formula is C18H24N4O3. The van der Waals surface area contributed by atoms with Gasteiger partial charge in [0.2, 0.25) is 0 Å². The summed E-state index contributed by atoms with van der Waals surface area (Å²) in [6.07, 6.45) is 6.58. The molecule has 0 N–H and O–H groups in total. The third-order valence-corrected chi connectivity index (χ3v) is 5.82. The predicted molar refractivity (Wildman–Crippen MR) is 93.3 cm³/mol. The maximum Gasteiger partial charge on any atom is 0.311 e. The number of aryl methyl sites for hydroxylation is 1. The summed E-state index contributed by atoms with van der Waals surface area (Å²) in [7, 11) is 3.39. The van der Waals surface area contributed by atoms with Crippen LogP contribution in [0.25, 0.3) is 10.9 Å². The zero-order valence-corrected chi connectivity index (χ0v) is 14.8. The summed E-state index contributed by atoms with van der Waals surface area (Å²) in [5.74, 6) is 0.574. The van der Waals surface area contributed by atoms with Crippen molar-refractivity contribution in [2.45, 2.75) is 19.3 Å². The maximum atomic E-state index is 12.6. The molecular weight excluding hydrogens is 320 g/mol. The molecule has 2 aliphatic rings. The number of rotatable bonds is 2. The van der Waals surface area contributed by atoms with Gasteiger partial charge in [-0.2, -0.15) is 5.10 Å². The molecule has 0 aliphatic carbocycles. The Hall–Kier alpha value is -2.15. The number of aromatic nitrogens is 3. The third-order valence-electron chi connectivity index (χ3n) is 5.82. The van der Waals surface area contributed by atoms with Crippen molar-refractivity contribution >= 4 is 22.7 Å². The van der Waals surface area contributed by atoms with Crippen LogP contribution >= 0.6 is 0 Å². The molecule has 1 unspecified atom stereocenters. The lowest BCUT2D eigenvalue weighted by atomic mass is 9.65. The quantitative estimate of drug-likeness (QED) is 0.773. The van der Waals surface area contributed by atoms with E-state index in [1.807, 2.05) is 25.5 Å². The van der Waals surface area contributed by atoms with Gasteiger partial charge in [0, 0.05) is 51.1 Å². The standard InChI is InChI=1S/C18H24N4O3/c1-21-11-13-3-7-19-16(15(13)20-21)22-8-4-18(5-9-25-10-6-18)14(12-22)17(23)24-2/h3,7,11,14H,4-6,8-10,12H2,1-2H3. The zero-order chi connectivity index (χ0) is 17.4. The van der Waals surface area contributed by atoms with Crippen molar-refractivity contribution in [2.24, 2.45) is 18.4 Å². The molecule has 0 saturated carbocycles. The second-order valence-electron chi connectivity index (χ2n) is 7.12. The molecule has 2 aromatic heterocycles. The fourth-order valence-electron chi connectivity index (χ4n) is 4.36. The average Bonchev–Trinajstić information content (AvgIpc) is 3.02. The summed E-state index contributed by atoms with van der Waals surface area (Å²) in [6, 6.07) is 1.97. The number of pyridine rings is 1. The molecule has 7 heteroatoms. The molecule has 2 saturated heterocycles. The summed E-state index contributed by atoms with van der Waals surface area (Å²) < 4.78 is 12.5. The Morgan fingerprint density at radius 3 is 2.92 bits per heavy atom. The molecule has 0 aromatic carbocycles. The van der Waals surface area contributed by atoms with E-state index in [1.165, 1.54) is 7.11 Å². The molecule has 0 amide bonds. The lowest BCUT2D eigenvalue weighted by molar-refractivity contribution is -0.154. The number of hydrogen-bond acceptors (Lipinski definition) is 6. The fraction of sp³-hybridized carbons (Fsp3) is 0.611. The summed E-state index contributed by atoms with van der Waals surface area (Å²) >= 11 is 0. The van der Waals surface area contributed by atoms with Crippen molar-refractivity contribution in [1.82, 2.24) is 14.8 Å². The van der Waals surface area contributed by atoms with Crippen LogP contribution < -0.4 is 4.90 Å². The molecule has 25 heavy (non-hydrogen) atoms. The lowest BCUT2D eigenvalue weighted by Gasteiger charge is -2.48. The number of hydrogen-bond donors (Lipinski definition) is 0. The minimum atomic E-state index is -0.157. The van der Waals surface area contributed by atoms with E-state index >= 15 is 0 Å². The van der Waals surface area contributed by atoms with Crippen molar-refractivity contribution in [3.05, 3.63) is 18.5 Å². The Bertz CT molecular complexity index is 782. The van der Waals surface area contributed by atoms with E-state index in [4.69, 9.17) is 9.47 Å². The number of ether oxygens (including phenoxy) is 2. The third kappa shape index (κ3) is 2.76. The van der Waals surface area contributed by atoms with Crippen LogP contribution in [-0.4, -0.2) is 54.1 Å². The zero-order valence-electron chi connectivity index (χ0n) is 14.8. The van der Waals surface area contributed by atoms with Gasteiger partial charge >= 0.3 is 5.97 Å². The molecule has 4 heterocycles. The van der Waals surface area contributed by atoms with Crippen LogP contribution in [0.15, 0.2) is 18.5 Å². The molecule has 1 spiro atoms. The van der Waals surface area contributed by atoms with Crippen LogP contribution in [0.5, 0.6) is 0 Å². The summed E-state index contributed by atoms with van der Waals surface area (Å²) in [6.45, 7) is 2.94. The van der Waals surface area contributed by atoms with Gasteiger partial charge in [-0.3, -0.25) is 9.48 Å². The first-order valence-corrected chi connectivity index (χ1v) is 8.82. The first-order chi connectivity index (χ1) is 12.1. The average molecular weight is 344 g/mol. The van der Waals surface area contributed by atoms with E-state index in [2.05, 4.69) is 15.0 Å². The molecule has 2 aliphatic heterocycles. The number of methoxy groups -OCH3 is 1. The highest BCUT2D eigenvalue weighted by molar-refractivity contribution is 5.88. The number of anilines is 1. The van der Waals surface area contributed by atoms with Crippen LogP contribution in [-0.2, 0) is 21.3 Å². The van der Waals surface area contributed by atoms with Gasteiger partial charge in [-0.15, -0.1) is 0 Å². The molecule has 4 rings (SSSR count). The van der Waals surface area contributed by atoms with Crippen LogP contribution in [0, 0.1) is 11.3 Å². The fourth-order valence-corrected chi connectivity index (χ4v) is 4.36. The van der Waals surface area contributed by atoms with E-state index in [0.717, 1.165) is 55.7 Å². The summed E-state index contributed by atoms with van der Waals surface area (Å²) in [5.41, 5.74) is 0.872. The van der Waals surface area contributed by atoms with Gasteiger partial charge in [0.1, 0.15) is 5.52 Å². The Labute approximate surface area is 146 Å². The molecule has 7 nitrogen and oxygen atoms in total. The number of fused-ring (bicyclic) bond motifs is 1. The molecule has 0 radical (unpaired) electrons. The van der Waals surface area contributed by atoms with Crippen molar-refractivity contribution in [3.63, 3.8) is 0 Å². The van der Waals surface area contributed by atoms with E-state index in [0.29, 0.717) is 6.54 Å². The van der Waals surface area contributed by atoms with E-state index in [9.17, 15) is 4.79 Å². The van der Waals surface area contributed by atoms with Crippen molar-refractivity contribution < 1.29 is 14.3 Å². The monoisotopic (exact) mass is 344 g/mol. The number of piperidine rings is 1. The van der Waals surface area contributed by atoms with E-state index < -0.39 is 0 Å². The highest BCUT2D eigenvalue weighted by atomic mass is 16.5. The largest absolute Gasteiger partial charge is 0.469 e. The Morgan fingerprint density at radius 1 is 1.36 bits per heavy atom. The molecule has 134 valence electrons. The second kappa shape index (κ2) is 6.29. The minimum Gasteiger partial charge on any atom is -0.469 e. The van der Waals surface area contributed by atoms with Crippen molar-refractivity contribution in [3.8, 4) is 0 Å². The van der Waals surface area contributed by atoms with Gasteiger partial charge in [0.25, 0.3) is 0 Å². The van der Waals surface area contributed by atoms with Crippen LogP contribution in [0.4, 0.5) is 5.82 Å². The van der Waals surface area contributed by atoms with Gasteiger partial charge < -0.3 is 14.4 Å². The lowest BCUT2D eigenvalue weighted by Crippen LogP contribution is -2.53. The summed E-state index contributed by atoms with van der Waals surface area (Å²) in [4.78, 5) is 19.3. The highest BCUT2D eigenvalue weighted by Gasteiger charge is 2.48. The van der Waals surface area contributed by atoms with Gasteiger partial charge in [-0.1, -0.05) is 0 Å². The van der Waals surface area contributed by atoms with Crippen molar-refractivity contribution in [2.75, 3.05) is 38.3 Å². The molecule has 2 aromatic rings. The molecule has 0 bridgehead atoms. The number of carbonyl (C=O) groups is 1. The number of nitrogens with zero attached hydrogens (tertiary/aromatic N) is 4. The smallest absolute Gasteiger partial charge is 0.311 e. The Balaban J connectivity index is 1.67. The van der Waals surface area contributed by atoms with Gasteiger partial charge in [-0.25, -0.2) is 4.98 Å². The minimum absolute atomic E-state index is 0.0140. The van der Waals surface area contributed by atoms with E-state index in [1.54, 1.807) is 4.68 Å². The highest BCUT2D eigenvalue weighted by Crippen LogP contribution is 2.46. The van der Waals surface area contributed by atoms with Gasteiger partial charge in [0.05, 0.1) is 13.0 Å². The molecule has 1 atom stereocenters. The maximum absolute atomic E-state index is 12.6. The van der Waals surface area contributed by atoms with E-state index in [-0.39, 0.29) is 17.3 Å². The van der Waals surface area contributed by atoms with Crippen LogP contribution in [0.3, 0.4) is 0 Å². The number of esters is 1. The van der Waals surface area contributed by atoms with Crippen LogP contribution in [0.2, 0.25) is 0 Å². The van der Waals surface area contributed by atoms with Crippen molar-refractivity contribution in [1.29, 1.82) is 0 Å². The first kappa shape index (κ1) is 16.3. The molecule has 2 fully saturated rings. The van der Waals surface area contributed by atoms with Gasteiger partial charge in [0.15, 0.2) is 5.82 Å². The summed E-state index contributed by atoms with van der Waals surface area (Å²) in [5, 5.41) is 5.62. The predicted octanol–water partition coefficient (Wildman–Crippen LogP) is 1.76. The van der Waals surface area contributed by atoms with Crippen LogP contribution in [0.1, 0.15) is 19.3 Å². The Morgan fingerprint density at radius 2 is 2.16 bits per heavy atom. The topological polar surface area (TPSA) is 69.5 Å². The SMILES string of the molecule is COC(=O)C1CN(c2nccc3cn(C)nc23)CCC12CCOCC2. The first-order valence-electron chi connectivity index (χ1n) is 8.82. The normalized spacial score (nSPS) is 23.1. The number of carbonyl (C=O) groups excluding carboxylic acids is 1. The Kier molecular flexibility index (Phi) is 4.11.